The topological polar surface area (TPSA) is 12.9 Å². The van der Waals surface area contributed by atoms with Gasteiger partial charge in [-0.1, -0.05) is 6.07 Å². The van der Waals surface area contributed by atoms with E-state index in [1.807, 2.05) is 0 Å². The van der Waals surface area contributed by atoms with Gasteiger partial charge in [0.25, 0.3) is 0 Å². The highest BCUT2D eigenvalue weighted by Gasteiger charge is 2.32. The lowest BCUT2D eigenvalue weighted by atomic mass is 10.2. The van der Waals surface area contributed by atoms with Crippen LogP contribution >= 0.6 is 11.3 Å². The second-order valence-corrected chi connectivity index (χ2v) is 3.25. The van der Waals surface area contributed by atoms with Gasteiger partial charge in [0.05, 0.1) is 15.8 Å². The van der Waals surface area contributed by atoms with Gasteiger partial charge in [-0.25, -0.2) is 4.98 Å². The molecule has 1 heterocycles. The molecule has 1 nitrogen and oxygen atoms in total. The van der Waals surface area contributed by atoms with Crippen LogP contribution in [0, 0.1) is 5.51 Å². The predicted octanol–water partition coefficient (Wildman–Crippen LogP) is 3.12. The minimum absolute atomic E-state index is 0.148. The van der Waals surface area contributed by atoms with E-state index in [1.165, 1.54) is 12.1 Å². The first kappa shape index (κ1) is 8.50. The van der Waals surface area contributed by atoms with E-state index in [0.717, 1.165) is 17.4 Å². The number of fused-ring (bicyclic) bond motifs is 1. The molecule has 0 saturated carbocycles. The lowest BCUT2D eigenvalue weighted by Gasteiger charge is -2.05. The van der Waals surface area contributed by atoms with Crippen molar-refractivity contribution >= 4 is 21.6 Å². The van der Waals surface area contributed by atoms with Gasteiger partial charge in [-0.15, -0.1) is 11.3 Å². The molecule has 1 aromatic carbocycles. The van der Waals surface area contributed by atoms with Crippen LogP contribution in [0.5, 0.6) is 0 Å². The van der Waals surface area contributed by atoms with Gasteiger partial charge in [0, 0.05) is 0 Å². The Kier molecular flexibility index (Phi) is 1.76. The zero-order chi connectivity index (χ0) is 9.47. The lowest BCUT2D eigenvalue weighted by Crippen LogP contribution is -2.04. The Morgan fingerprint density at radius 1 is 1.31 bits per heavy atom. The molecule has 2 rings (SSSR count). The average Bonchev–Trinajstić information content (AvgIpc) is 2.48. The zero-order valence-corrected chi connectivity index (χ0v) is 7.04. The molecule has 0 fully saturated rings. The number of thiazole rings is 1. The molecular weight excluding hydrogens is 199 g/mol. The first-order chi connectivity index (χ1) is 6.09. The lowest BCUT2D eigenvalue weighted by molar-refractivity contribution is -0.136. The fourth-order valence-corrected chi connectivity index (χ4v) is 1.81. The van der Waals surface area contributed by atoms with E-state index in [9.17, 15) is 13.2 Å². The van der Waals surface area contributed by atoms with Gasteiger partial charge < -0.3 is 0 Å². The fourth-order valence-electron chi connectivity index (χ4n) is 1.06. The number of hydrogen-bond donors (Lipinski definition) is 0. The number of halogens is 3. The number of aromatic nitrogens is 1. The van der Waals surface area contributed by atoms with E-state index in [4.69, 9.17) is 0 Å². The summed E-state index contributed by atoms with van der Waals surface area (Å²) in [6, 6.07) is 3.94. The Morgan fingerprint density at radius 2 is 2.08 bits per heavy atom. The van der Waals surface area contributed by atoms with Gasteiger partial charge in [-0.3, -0.25) is 0 Å². The van der Waals surface area contributed by atoms with Crippen molar-refractivity contribution in [3.63, 3.8) is 0 Å². The summed E-state index contributed by atoms with van der Waals surface area (Å²) >= 11 is 0.885. The molecule has 1 radical (unpaired) electrons. The van der Waals surface area contributed by atoms with Crippen LogP contribution in [0.15, 0.2) is 18.2 Å². The molecule has 0 atom stereocenters. The maximum atomic E-state index is 12.4. The van der Waals surface area contributed by atoms with E-state index >= 15 is 0 Å². The summed E-state index contributed by atoms with van der Waals surface area (Å²) < 4.78 is 37.2. The summed E-state index contributed by atoms with van der Waals surface area (Å²) in [6.45, 7) is 0. The van der Waals surface area contributed by atoms with E-state index in [1.54, 1.807) is 0 Å². The molecule has 0 saturated heterocycles. The number of hydrogen-bond acceptors (Lipinski definition) is 2. The van der Waals surface area contributed by atoms with E-state index in [-0.39, 0.29) is 4.70 Å². The monoisotopic (exact) mass is 202 g/mol. The molecule has 0 amide bonds. The molecular formula is C8H3F3NS. The molecule has 5 heteroatoms. The predicted molar refractivity (Wildman–Crippen MR) is 43.5 cm³/mol. The Morgan fingerprint density at radius 3 is 2.77 bits per heavy atom. The number of rotatable bonds is 0. The zero-order valence-electron chi connectivity index (χ0n) is 6.22. The Hall–Kier alpha value is -1.10. The van der Waals surface area contributed by atoms with Crippen LogP contribution in [0.4, 0.5) is 13.2 Å². The van der Waals surface area contributed by atoms with E-state index in [0.29, 0.717) is 5.52 Å². The maximum Gasteiger partial charge on any atom is 0.417 e. The van der Waals surface area contributed by atoms with Crippen molar-refractivity contribution in [3.05, 3.63) is 29.3 Å². The largest absolute Gasteiger partial charge is 0.417 e. The molecule has 0 aliphatic rings. The molecule has 0 aliphatic heterocycles. The Bertz CT molecular complexity index is 432. The highest BCUT2D eigenvalue weighted by Crippen LogP contribution is 2.35. The van der Waals surface area contributed by atoms with Gasteiger partial charge in [0.1, 0.15) is 0 Å². The van der Waals surface area contributed by atoms with Crippen LogP contribution in [0.25, 0.3) is 10.2 Å². The number of nitrogens with zero attached hydrogens (tertiary/aromatic N) is 1. The van der Waals surface area contributed by atoms with Gasteiger partial charge >= 0.3 is 6.18 Å². The molecule has 13 heavy (non-hydrogen) atoms. The van der Waals surface area contributed by atoms with Crippen molar-refractivity contribution in [2.24, 2.45) is 0 Å². The van der Waals surface area contributed by atoms with Crippen LogP contribution in [0.3, 0.4) is 0 Å². The maximum absolute atomic E-state index is 12.4. The molecule has 0 unspecified atom stereocenters. The molecule has 0 spiro atoms. The number of benzene rings is 1. The van der Waals surface area contributed by atoms with Crippen molar-refractivity contribution in [2.75, 3.05) is 0 Å². The summed E-state index contributed by atoms with van der Waals surface area (Å²) in [5, 5.41) is 0. The summed E-state index contributed by atoms with van der Waals surface area (Å²) in [4.78, 5) is 3.69. The molecule has 1 aromatic heterocycles. The molecule has 2 aromatic rings. The normalized spacial score (nSPS) is 12.2. The van der Waals surface area contributed by atoms with Gasteiger partial charge in [0.15, 0.2) is 5.51 Å². The van der Waals surface area contributed by atoms with Crippen molar-refractivity contribution in [2.45, 2.75) is 6.18 Å². The van der Waals surface area contributed by atoms with E-state index < -0.39 is 11.7 Å². The standard InChI is InChI=1S/C8H3F3NS/c9-8(10,11)5-2-1-3-6-7(5)13-4-12-6/h1-3H. The Labute approximate surface area is 75.8 Å². The van der Waals surface area contributed by atoms with Crippen LogP contribution in [-0.4, -0.2) is 4.98 Å². The van der Waals surface area contributed by atoms with Gasteiger partial charge in [0.2, 0.25) is 0 Å². The minimum atomic E-state index is -4.31. The molecule has 67 valence electrons. The van der Waals surface area contributed by atoms with Crippen molar-refractivity contribution in [3.8, 4) is 0 Å². The van der Waals surface area contributed by atoms with Gasteiger partial charge in [-0.2, -0.15) is 13.2 Å². The third-order valence-electron chi connectivity index (χ3n) is 1.61. The summed E-state index contributed by atoms with van der Waals surface area (Å²) in [6.07, 6.45) is -4.31. The van der Waals surface area contributed by atoms with Crippen LogP contribution in [-0.2, 0) is 6.18 Å². The first-order valence-corrected chi connectivity index (χ1v) is 4.23. The van der Waals surface area contributed by atoms with Crippen LogP contribution in [0.1, 0.15) is 5.56 Å². The first-order valence-electron chi connectivity index (χ1n) is 3.42. The fraction of sp³-hybridized carbons (Fsp3) is 0.125. The quantitative estimate of drug-likeness (QED) is 0.639. The average molecular weight is 202 g/mol. The highest BCUT2D eigenvalue weighted by atomic mass is 32.1. The Balaban J connectivity index is 2.75. The SMILES string of the molecule is FC(F)(F)c1cccc2n[c]sc12. The second kappa shape index (κ2) is 2.70. The molecule has 0 aliphatic carbocycles. The molecule has 0 N–H and O–H groups in total. The van der Waals surface area contributed by atoms with Crippen molar-refractivity contribution in [1.29, 1.82) is 0 Å². The minimum Gasteiger partial charge on any atom is -0.233 e. The van der Waals surface area contributed by atoms with Crippen LogP contribution in [0.2, 0.25) is 0 Å². The summed E-state index contributed by atoms with van der Waals surface area (Å²) in [5.41, 5.74) is 2.15. The number of alkyl halides is 3. The van der Waals surface area contributed by atoms with Crippen LogP contribution < -0.4 is 0 Å². The van der Waals surface area contributed by atoms with Gasteiger partial charge in [-0.05, 0) is 12.1 Å². The smallest absolute Gasteiger partial charge is 0.233 e. The van der Waals surface area contributed by atoms with E-state index in [2.05, 4.69) is 10.5 Å². The summed E-state index contributed by atoms with van der Waals surface area (Å²) in [5.74, 6) is 0. The third-order valence-corrected chi connectivity index (χ3v) is 2.43. The molecule has 0 bridgehead atoms. The third kappa shape index (κ3) is 1.39. The highest BCUT2D eigenvalue weighted by molar-refractivity contribution is 7.16. The van der Waals surface area contributed by atoms with Crippen molar-refractivity contribution < 1.29 is 13.2 Å². The second-order valence-electron chi connectivity index (χ2n) is 2.46. The summed E-state index contributed by atoms with van der Waals surface area (Å²) in [7, 11) is 0. The van der Waals surface area contributed by atoms with Crippen molar-refractivity contribution in [1.82, 2.24) is 4.98 Å².